The van der Waals surface area contributed by atoms with Crippen LogP contribution in [0, 0.1) is 5.92 Å². The zero-order valence-corrected chi connectivity index (χ0v) is 23.0. The number of ether oxygens (including phenoxy) is 1. The molecule has 6 nitrogen and oxygen atoms in total. The summed E-state index contributed by atoms with van der Waals surface area (Å²) in [5, 5.41) is 13.1. The van der Waals surface area contributed by atoms with Crippen LogP contribution in [-0.2, 0) is 11.2 Å². The summed E-state index contributed by atoms with van der Waals surface area (Å²) >= 11 is 1.77. The van der Waals surface area contributed by atoms with Crippen molar-refractivity contribution in [1.82, 2.24) is 5.32 Å². The molecule has 3 rings (SSSR count). The van der Waals surface area contributed by atoms with Crippen LogP contribution in [0.1, 0.15) is 92.2 Å². The van der Waals surface area contributed by atoms with Gasteiger partial charge in [0.05, 0.1) is 7.11 Å². The molecule has 1 atom stereocenters. The smallest absolute Gasteiger partial charge is 0.410 e. The van der Waals surface area contributed by atoms with E-state index in [1.807, 2.05) is 19.9 Å². The second-order valence-electron chi connectivity index (χ2n) is 9.87. The van der Waals surface area contributed by atoms with Gasteiger partial charge in [0.15, 0.2) is 0 Å². The fraction of sp³-hybridized carbons (Fsp3) is 0.467. The molecule has 1 aliphatic carbocycles. The number of methoxy groups -OCH3 is 1. The predicted octanol–water partition coefficient (Wildman–Crippen LogP) is 7.79. The van der Waals surface area contributed by atoms with Gasteiger partial charge in [-0.2, -0.15) is 0 Å². The van der Waals surface area contributed by atoms with E-state index in [2.05, 4.69) is 28.8 Å². The lowest BCUT2D eigenvalue weighted by Crippen LogP contribution is -2.16. The first-order chi connectivity index (χ1) is 17.8. The van der Waals surface area contributed by atoms with Gasteiger partial charge in [-0.3, -0.25) is 5.32 Å². The molecule has 0 aliphatic heterocycles. The van der Waals surface area contributed by atoms with Crippen LogP contribution in [0.2, 0.25) is 0 Å². The number of rotatable bonds is 11. The van der Waals surface area contributed by atoms with E-state index in [0.717, 1.165) is 22.8 Å². The maximum absolute atomic E-state index is 12.8. The maximum Gasteiger partial charge on any atom is 0.410 e. The average Bonchev–Trinajstić information content (AvgIpc) is 3.34. The van der Waals surface area contributed by atoms with E-state index < -0.39 is 11.7 Å². The standard InChI is InChI=1S/C30H39NO5S/c1-20(10-8-9-17-31-30(34)35-4)27-19-26(32)28(29(33)36-27)22(3)21(2)18-25-16-15-24(37-25)14-13-23-11-6-5-7-12-23/h9,15-20,23,32H,3,5-8,10-14H2,1-2,4H3,(H,31,34)/b17-9+,21-18+. The first kappa shape index (κ1) is 28.5. The minimum absolute atomic E-state index is 0.0981. The highest BCUT2D eigenvalue weighted by atomic mass is 32.1. The van der Waals surface area contributed by atoms with Crippen LogP contribution in [0.15, 0.2) is 51.8 Å². The van der Waals surface area contributed by atoms with Gasteiger partial charge in [-0.15, -0.1) is 11.3 Å². The summed E-state index contributed by atoms with van der Waals surface area (Å²) in [6.07, 6.45) is 15.4. The van der Waals surface area contributed by atoms with Crippen molar-refractivity contribution in [1.29, 1.82) is 0 Å². The van der Waals surface area contributed by atoms with Crippen molar-refractivity contribution >= 4 is 29.1 Å². The van der Waals surface area contributed by atoms with Gasteiger partial charge in [-0.25, -0.2) is 9.59 Å². The highest BCUT2D eigenvalue weighted by molar-refractivity contribution is 7.12. The Balaban J connectivity index is 1.61. The molecule has 200 valence electrons. The molecule has 1 amide bonds. The Kier molecular flexibility index (Phi) is 10.8. The minimum Gasteiger partial charge on any atom is -0.507 e. The van der Waals surface area contributed by atoms with Gasteiger partial charge in [0.1, 0.15) is 17.1 Å². The molecule has 0 bridgehead atoms. The molecule has 0 aromatic carbocycles. The molecule has 1 fully saturated rings. The summed E-state index contributed by atoms with van der Waals surface area (Å²) in [4.78, 5) is 26.3. The SMILES string of the molecule is C=C(/C(C)=C/c1ccc(CCC2CCCCC2)s1)c1c(O)cc(C(C)CC/C=C/NC(=O)OC)oc1=O. The van der Waals surface area contributed by atoms with Gasteiger partial charge in [0.25, 0.3) is 0 Å². The van der Waals surface area contributed by atoms with E-state index >= 15 is 0 Å². The summed E-state index contributed by atoms with van der Waals surface area (Å²) in [6, 6.07) is 5.81. The molecule has 0 radical (unpaired) electrons. The third kappa shape index (κ3) is 8.49. The molecule has 7 heteroatoms. The number of hydrogen-bond acceptors (Lipinski definition) is 6. The van der Waals surface area contributed by atoms with Crippen molar-refractivity contribution in [2.24, 2.45) is 5.92 Å². The zero-order chi connectivity index (χ0) is 26.8. The van der Waals surface area contributed by atoms with Crippen LogP contribution in [-0.4, -0.2) is 18.3 Å². The molecule has 0 spiro atoms. The summed E-state index contributed by atoms with van der Waals surface area (Å²) in [5.41, 5.74) is 0.773. The van der Waals surface area contributed by atoms with Crippen LogP contribution in [0.3, 0.4) is 0 Å². The molecule has 1 unspecified atom stereocenters. The maximum atomic E-state index is 12.8. The van der Waals surface area contributed by atoms with Crippen molar-refractivity contribution < 1.29 is 19.1 Å². The topological polar surface area (TPSA) is 88.8 Å². The fourth-order valence-corrected chi connectivity index (χ4v) is 5.73. The van der Waals surface area contributed by atoms with E-state index in [1.165, 1.54) is 62.8 Å². The molecule has 2 N–H and O–H groups in total. The summed E-state index contributed by atoms with van der Waals surface area (Å²) in [5.74, 6) is 1.05. The number of hydrogen-bond donors (Lipinski definition) is 2. The molecule has 1 aliphatic rings. The van der Waals surface area contributed by atoms with E-state index in [1.54, 1.807) is 17.4 Å². The van der Waals surface area contributed by atoms with Gasteiger partial charge in [0, 0.05) is 27.9 Å². The lowest BCUT2D eigenvalue weighted by molar-refractivity contribution is 0.175. The van der Waals surface area contributed by atoms with Crippen LogP contribution < -0.4 is 10.9 Å². The normalized spacial score (nSPS) is 15.6. The molecule has 1 saturated carbocycles. The number of nitrogens with one attached hydrogen (secondary N) is 1. The van der Waals surface area contributed by atoms with Crippen molar-refractivity contribution in [3.8, 4) is 5.75 Å². The van der Waals surface area contributed by atoms with Gasteiger partial charge in [-0.1, -0.05) is 51.7 Å². The number of thiophene rings is 1. The van der Waals surface area contributed by atoms with E-state index in [4.69, 9.17) is 4.42 Å². The van der Waals surface area contributed by atoms with Crippen molar-refractivity contribution in [2.75, 3.05) is 7.11 Å². The predicted molar refractivity (Wildman–Crippen MR) is 151 cm³/mol. The van der Waals surface area contributed by atoms with Crippen LogP contribution in [0.25, 0.3) is 11.6 Å². The van der Waals surface area contributed by atoms with Gasteiger partial charge >= 0.3 is 11.7 Å². The second kappa shape index (κ2) is 14.0. The first-order valence-electron chi connectivity index (χ1n) is 13.1. The Morgan fingerprint density at radius 2 is 2.08 bits per heavy atom. The number of amides is 1. The quantitative estimate of drug-likeness (QED) is 0.292. The van der Waals surface area contributed by atoms with Crippen molar-refractivity contribution in [3.63, 3.8) is 0 Å². The third-order valence-corrected chi connectivity index (χ3v) is 8.14. The number of carbonyl (C=O) groups is 1. The summed E-state index contributed by atoms with van der Waals surface area (Å²) in [7, 11) is 1.30. The molecular weight excluding hydrogens is 486 g/mol. The average molecular weight is 526 g/mol. The van der Waals surface area contributed by atoms with Crippen molar-refractivity contribution in [3.05, 3.63) is 74.1 Å². The second-order valence-corrected chi connectivity index (χ2v) is 11.1. The fourth-order valence-electron chi connectivity index (χ4n) is 4.70. The van der Waals surface area contributed by atoms with Crippen LogP contribution in [0.4, 0.5) is 4.79 Å². The molecule has 2 heterocycles. The Morgan fingerprint density at radius 1 is 1.32 bits per heavy atom. The molecule has 0 saturated heterocycles. The van der Waals surface area contributed by atoms with Crippen LogP contribution >= 0.6 is 11.3 Å². The number of allylic oxidation sites excluding steroid dienone is 3. The number of carbonyl (C=O) groups excluding carboxylic acids is 1. The van der Waals surface area contributed by atoms with E-state index in [0.29, 0.717) is 24.2 Å². The minimum atomic E-state index is -0.596. The van der Waals surface area contributed by atoms with E-state index in [-0.39, 0.29) is 17.2 Å². The van der Waals surface area contributed by atoms with E-state index in [9.17, 15) is 14.7 Å². The van der Waals surface area contributed by atoms with Gasteiger partial charge < -0.3 is 14.3 Å². The molecule has 2 aromatic heterocycles. The Morgan fingerprint density at radius 3 is 2.78 bits per heavy atom. The first-order valence-corrected chi connectivity index (χ1v) is 13.9. The lowest BCUT2D eigenvalue weighted by atomic mass is 9.86. The Labute approximate surface area is 223 Å². The van der Waals surface area contributed by atoms with Gasteiger partial charge in [0.2, 0.25) is 0 Å². The Bertz CT molecular complexity index is 1180. The Hall–Kier alpha value is -3.06. The third-order valence-electron chi connectivity index (χ3n) is 7.05. The summed E-state index contributed by atoms with van der Waals surface area (Å²) in [6.45, 7) is 7.89. The monoisotopic (exact) mass is 525 g/mol. The molecule has 37 heavy (non-hydrogen) atoms. The lowest BCUT2D eigenvalue weighted by Gasteiger charge is -2.20. The molecule has 2 aromatic rings. The summed E-state index contributed by atoms with van der Waals surface area (Å²) < 4.78 is 10.1. The van der Waals surface area contributed by atoms with Crippen molar-refractivity contribution in [2.45, 2.75) is 77.6 Å². The largest absolute Gasteiger partial charge is 0.507 e. The number of alkyl carbamates (subject to hydrolysis) is 1. The highest BCUT2D eigenvalue weighted by Gasteiger charge is 2.19. The highest BCUT2D eigenvalue weighted by Crippen LogP contribution is 2.33. The van der Waals surface area contributed by atoms with Gasteiger partial charge in [-0.05, 0) is 67.9 Å². The number of aryl methyl sites for hydroxylation is 1. The number of aromatic hydroxyl groups is 1. The zero-order valence-electron chi connectivity index (χ0n) is 22.2. The molecular formula is C30H39NO5S. The van der Waals surface area contributed by atoms with Crippen LogP contribution in [0.5, 0.6) is 5.75 Å².